The van der Waals surface area contributed by atoms with Gasteiger partial charge >= 0.3 is 0 Å². The minimum absolute atomic E-state index is 0.128. The molecule has 1 saturated heterocycles. The van der Waals surface area contributed by atoms with Crippen LogP contribution < -0.4 is 20.1 Å². The fourth-order valence-corrected chi connectivity index (χ4v) is 3.41. The predicted octanol–water partition coefficient (Wildman–Crippen LogP) is 2.90. The summed E-state index contributed by atoms with van der Waals surface area (Å²) in [5.41, 5.74) is 7.81. The first-order valence-corrected chi connectivity index (χ1v) is 8.58. The van der Waals surface area contributed by atoms with E-state index >= 15 is 0 Å². The number of nitrogens with two attached hydrogens (primary N) is 1. The fourth-order valence-electron chi connectivity index (χ4n) is 3.41. The van der Waals surface area contributed by atoms with Gasteiger partial charge in [-0.3, -0.25) is 0 Å². The Morgan fingerprint density at radius 2 is 1.96 bits per heavy atom. The van der Waals surface area contributed by atoms with E-state index < -0.39 is 0 Å². The molecule has 25 heavy (non-hydrogen) atoms. The average Bonchev–Trinajstić information content (AvgIpc) is 2.86. The van der Waals surface area contributed by atoms with Crippen molar-refractivity contribution in [3.8, 4) is 11.6 Å². The summed E-state index contributed by atoms with van der Waals surface area (Å²) in [6.45, 7) is 2.85. The monoisotopic (exact) mass is 343 g/mol. The topological polar surface area (TPSA) is 86.4 Å². The first kappa shape index (κ1) is 17.3. The third-order valence-corrected chi connectivity index (χ3v) is 4.57. The lowest BCUT2D eigenvalue weighted by Crippen LogP contribution is -2.30. The zero-order valence-electron chi connectivity index (χ0n) is 15.0. The van der Waals surface area contributed by atoms with Crippen LogP contribution in [0.15, 0.2) is 18.3 Å². The van der Waals surface area contributed by atoms with Gasteiger partial charge in [-0.05, 0) is 19.8 Å². The van der Waals surface area contributed by atoms with Crippen LogP contribution >= 0.6 is 0 Å². The van der Waals surface area contributed by atoms with Crippen LogP contribution in [0.25, 0.3) is 0 Å². The number of nitrogen functional groups attached to an aromatic ring is 1. The molecule has 2 aromatic rings. The summed E-state index contributed by atoms with van der Waals surface area (Å²) in [6.07, 6.45) is 6.18. The average molecular weight is 343 g/mol. The number of hydrogen-bond acceptors (Lipinski definition) is 7. The molecule has 1 atom stereocenters. The van der Waals surface area contributed by atoms with Gasteiger partial charge in [-0.15, -0.1) is 0 Å². The van der Waals surface area contributed by atoms with E-state index in [0.29, 0.717) is 11.8 Å². The minimum Gasteiger partial charge on any atom is -0.495 e. The molecule has 134 valence electrons. The molecular formula is C18H25N5O2. The van der Waals surface area contributed by atoms with Crippen LogP contribution in [0.3, 0.4) is 0 Å². The standard InChI is InChI=1S/C18H25N5O2/c1-12-9-16(22-18(19)21-12)23-8-6-4-5-7-14(23)13-10-17(25-3)20-11-15(13)24-2/h9-11,14H,4-8H2,1-3H3,(H2,19,21,22). The van der Waals surface area contributed by atoms with E-state index in [0.717, 1.165) is 48.6 Å². The Bertz CT molecular complexity index is 717. The molecular weight excluding hydrogens is 318 g/mol. The highest BCUT2D eigenvalue weighted by Gasteiger charge is 2.27. The molecule has 0 aromatic carbocycles. The van der Waals surface area contributed by atoms with Crippen LogP contribution in [0, 0.1) is 6.92 Å². The zero-order valence-corrected chi connectivity index (χ0v) is 15.0. The molecule has 3 rings (SSSR count). The lowest BCUT2D eigenvalue weighted by molar-refractivity contribution is 0.379. The van der Waals surface area contributed by atoms with Gasteiger partial charge in [-0.2, -0.15) is 4.98 Å². The van der Waals surface area contributed by atoms with E-state index in [9.17, 15) is 0 Å². The van der Waals surface area contributed by atoms with Crippen LogP contribution in [0.5, 0.6) is 11.6 Å². The minimum atomic E-state index is 0.128. The predicted molar refractivity (Wildman–Crippen MR) is 97.1 cm³/mol. The van der Waals surface area contributed by atoms with Gasteiger partial charge in [-0.25, -0.2) is 9.97 Å². The fraction of sp³-hybridized carbons (Fsp3) is 0.500. The Morgan fingerprint density at radius 1 is 1.12 bits per heavy atom. The van der Waals surface area contributed by atoms with Gasteiger partial charge in [-0.1, -0.05) is 12.8 Å². The Labute approximate surface area is 148 Å². The van der Waals surface area contributed by atoms with E-state index in [-0.39, 0.29) is 6.04 Å². The van der Waals surface area contributed by atoms with Crippen LogP contribution in [-0.2, 0) is 0 Å². The molecule has 0 bridgehead atoms. The molecule has 1 fully saturated rings. The van der Waals surface area contributed by atoms with Gasteiger partial charge in [0.05, 0.1) is 26.5 Å². The summed E-state index contributed by atoms with van der Waals surface area (Å²) in [4.78, 5) is 15.2. The highest BCUT2D eigenvalue weighted by molar-refractivity contribution is 5.49. The van der Waals surface area contributed by atoms with Gasteiger partial charge in [0.25, 0.3) is 0 Å². The Morgan fingerprint density at radius 3 is 2.68 bits per heavy atom. The number of aromatic nitrogens is 3. The van der Waals surface area contributed by atoms with Crippen molar-refractivity contribution in [2.45, 2.75) is 38.6 Å². The SMILES string of the molecule is COc1cc(C2CCCCCN2c2cc(C)nc(N)n2)c(OC)cn1. The quantitative estimate of drug-likeness (QED) is 0.913. The molecule has 0 amide bonds. The molecule has 7 heteroatoms. The van der Waals surface area contributed by atoms with Crippen molar-refractivity contribution in [2.24, 2.45) is 0 Å². The molecule has 2 N–H and O–H groups in total. The lowest BCUT2D eigenvalue weighted by Gasteiger charge is -2.32. The molecule has 0 saturated carbocycles. The Balaban J connectivity index is 2.07. The number of ether oxygens (including phenoxy) is 2. The van der Waals surface area contributed by atoms with E-state index in [4.69, 9.17) is 15.2 Å². The van der Waals surface area contributed by atoms with Gasteiger partial charge < -0.3 is 20.1 Å². The number of aryl methyl sites for hydroxylation is 1. The first-order valence-electron chi connectivity index (χ1n) is 8.58. The molecule has 0 radical (unpaired) electrons. The number of rotatable bonds is 4. The molecule has 0 spiro atoms. The summed E-state index contributed by atoms with van der Waals surface area (Å²) >= 11 is 0. The zero-order chi connectivity index (χ0) is 17.8. The van der Waals surface area contributed by atoms with Crippen LogP contribution in [0.2, 0.25) is 0 Å². The van der Waals surface area contributed by atoms with Crippen molar-refractivity contribution < 1.29 is 9.47 Å². The first-order chi connectivity index (χ1) is 12.1. The smallest absolute Gasteiger partial charge is 0.222 e. The molecule has 7 nitrogen and oxygen atoms in total. The Hall–Kier alpha value is -2.57. The van der Waals surface area contributed by atoms with Crippen molar-refractivity contribution in [1.29, 1.82) is 0 Å². The molecule has 0 aliphatic carbocycles. The van der Waals surface area contributed by atoms with Crippen molar-refractivity contribution >= 4 is 11.8 Å². The number of nitrogens with zero attached hydrogens (tertiary/aromatic N) is 4. The maximum atomic E-state index is 5.89. The van der Waals surface area contributed by atoms with Crippen molar-refractivity contribution in [2.75, 3.05) is 31.4 Å². The van der Waals surface area contributed by atoms with Crippen LogP contribution in [0.4, 0.5) is 11.8 Å². The third-order valence-electron chi connectivity index (χ3n) is 4.57. The summed E-state index contributed by atoms with van der Waals surface area (Å²) in [5.74, 6) is 2.50. The van der Waals surface area contributed by atoms with E-state index in [1.165, 1.54) is 6.42 Å². The Kier molecular flexibility index (Phi) is 5.21. The number of hydrogen-bond donors (Lipinski definition) is 1. The molecule has 2 aromatic heterocycles. The normalized spacial score (nSPS) is 17.9. The second-order valence-corrected chi connectivity index (χ2v) is 6.25. The van der Waals surface area contributed by atoms with Crippen molar-refractivity contribution in [3.05, 3.63) is 29.6 Å². The number of anilines is 2. The molecule has 1 aliphatic heterocycles. The van der Waals surface area contributed by atoms with Crippen molar-refractivity contribution in [3.63, 3.8) is 0 Å². The summed E-state index contributed by atoms with van der Waals surface area (Å²) in [7, 11) is 3.29. The maximum Gasteiger partial charge on any atom is 0.222 e. The lowest BCUT2D eigenvalue weighted by atomic mass is 10.0. The molecule has 1 unspecified atom stereocenters. The van der Waals surface area contributed by atoms with E-state index in [1.807, 2.05) is 19.1 Å². The third kappa shape index (κ3) is 3.75. The van der Waals surface area contributed by atoms with E-state index in [2.05, 4.69) is 19.9 Å². The second-order valence-electron chi connectivity index (χ2n) is 6.25. The summed E-state index contributed by atoms with van der Waals surface area (Å²) in [6, 6.07) is 4.07. The van der Waals surface area contributed by atoms with Gasteiger partial charge in [0.1, 0.15) is 11.6 Å². The summed E-state index contributed by atoms with van der Waals surface area (Å²) in [5, 5.41) is 0. The van der Waals surface area contributed by atoms with Gasteiger partial charge in [0.15, 0.2) is 0 Å². The van der Waals surface area contributed by atoms with E-state index in [1.54, 1.807) is 20.4 Å². The molecule has 1 aliphatic rings. The number of methoxy groups -OCH3 is 2. The highest BCUT2D eigenvalue weighted by atomic mass is 16.5. The maximum absolute atomic E-state index is 5.89. The van der Waals surface area contributed by atoms with Crippen LogP contribution in [-0.4, -0.2) is 35.7 Å². The van der Waals surface area contributed by atoms with Gasteiger partial charge in [0.2, 0.25) is 11.8 Å². The molecule has 3 heterocycles. The van der Waals surface area contributed by atoms with Crippen LogP contribution in [0.1, 0.15) is 43.0 Å². The van der Waals surface area contributed by atoms with Crippen molar-refractivity contribution in [1.82, 2.24) is 15.0 Å². The summed E-state index contributed by atoms with van der Waals surface area (Å²) < 4.78 is 10.9. The number of pyridine rings is 1. The van der Waals surface area contributed by atoms with Gasteiger partial charge in [0, 0.05) is 29.9 Å². The highest BCUT2D eigenvalue weighted by Crippen LogP contribution is 2.38. The largest absolute Gasteiger partial charge is 0.495 e. The second kappa shape index (κ2) is 7.55.